The van der Waals surface area contributed by atoms with Gasteiger partial charge in [-0.05, 0) is 29.8 Å². The zero-order valence-electron chi connectivity index (χ0n) is 16.2. The molecule has 0 spiro atoms. The number of nitrogen functional groups attached to an aromatic ring is 2. The van der Waals surface area contributed by atoms with Crippen molar-refractivity contribution in [3.8, 4) is 5.75 Å². The summed E-state index contributed by atoms with van der Waals surface area (Å²) in [7, 11) is 0. The van der Waals surface area contributed by atoms with E-state index in [0.29, 0.717) is 29.1 Å². The Labute approximate surface area is 175 Å². The highest BCUT2D eigenvalue weighted by molar-refractivity contribution is 6.30. The standard InChI is InChI=1S/C21H25ClN6O/c22-16-4-1-3-15(13-16)14-28-9-7-27(8-10-28)11-12-29-18-6-2-5-17-19(18)20(23)26-21(24)25-17/h1-6,13H,7-12,14H2,(H4,23,24,25,26). The van der Waals surface area contributed by atoms with Crippen LogP contribution in [-0.2, 0) is 6.54 Å². The molecule has 29 heavy (non-hydrogen) atoms. The number of hydrogen-bond acceptors (Lipinski definition) is 7. The molecule has 7 nitrogen and oxygen atoms in total. The Morgan fingerprint density at radius 1 is 0.966 bits per heavy atom. The summed E-state index contributed by atoms with van der Waals surface area (Å²) in [5.41, 5.74) is 13.7. The highest BCUT2D eigenvalue weighted by atomic mass is 35.5. The van der Waals surface area contributed by atoms with E-state index in [1.165, 1.54) is 5.56 Å². The molecule has 2 heterocycles. The number of piperazine rings is 1. The van der Waals surface area contributed by atoms with Crippen molar-refractivity contribution in [2.45, 2.75) is 6.54 Å². The van der Waals surface area contributed by atoms with Crippen LogP contribution in [0.25, 0.3) is 10.9 Å². The summed E-state index contributed by atoms with van der Waals surface area (Å²) in [4.78, 5) is 13.1. The van der Waals surface area contributed by atoms with Crippen molar-refractivity contribution >= 4 is 34.3 Å². The molecular weight excluding hydrogens is 388 g/mol. The van der Waals surface area contributed by atoms with E-state index in [9.17, 15) is 0 Å². The van der Waals surface area contributed by atoms with Crippen molar-refractivity contribution in [1.82, 2.24) is 19.8 Å². The van der Waals surface area contributed by atoms with Gasteiger partial charge in [0.15, 0.2) is 0 Å². The summed E-state index contributed by atoms with van der Waals surface area (Å²) in [6, 6.07) is 13.7. The normalized spacial score (nSPS) is 15.6. The van der Waals surface area contributed by atoms with Gasteiger partial charge in [0.25, 0.3) is 0 Å². The minimum atomic E-state index is 0.169. The first-order valence-electron chi connectivity index (χ1n) is 9.72. The lowest BCUT2D eigenvalue weighted by molar-refractivity contribution is 0.113. The van der Waals surface area contributed by atoms with Crippen LogP contribution < -0.4 is 16.2 Å². The summed E-state index contributed by atoms with van der Waals surface area (Å²) in [6.45, 7) is 6.46. The number of halogens is 1. The number of ether oxygens (including phenoxy) is 1. The Balaban J connectivity index is 1.28. The molecule has 0 amide bonds. The number of nitrogens with two attached hydrogens (primary N) is 2. The second-order valence-corrected chi connectivity index (χ2v) is 7.65. The maximum Gasteiger partial charge on any atom is 0.222 e. The Morgan fingerprint density at radius 3 is 2.52 bits per heavy atom. The molecule has 1 aromatic heterocycles. The van der Waals surface area contributed by atoms with E-state index >= 15 is 0 Å². The number of hydrogen-bond donors (Lipinski definition) is 2. The van der Waals surface area contributed by atoms with Gasteiger partial charge in [0.1, 0.15) is 18.2 Å². The molecular formula is C21H25ClN6O. The number of aromatic nitrogens is 2. The molecule has 152 valence electrons. The van der Waals surface area contributed by atoms with Crippen molar-refractivity contribution in [1.29, 1.82) is 0 Å². The molecule has 0 atom stereocenters. The van der Waals surface area contributed by atoms with E-state index in [-0.39, 0.29) is 5.95 Å². The van der Waals surface area contributed by atoms with E-state index in [4.69, 9.17) is 27.8 Å². The zero-order chi connectivity index (χ0) is 20.2. The average molecular weight is 413 g/mol. The topological polar surface area (TPSA) is 93.5 Å². The lowest BCUT2D eigenvalue weighted by Gasteiger charge is -2.34. The molecule has 0 bridgehead atoms. The Kier molecular flexibility index (Phi) is 5.99. The van der Waals surface area contributed by atoms with E-state index in [1.807, 2.05) is 36.4 Å². The van der Waals surface area contributed by atoms with E-state index in [1.54, 1.807) is 0 Å². The highest BCUT2D eigenvalue weighted by Crippen LogP contribution is 2.29. The van der Waals surface area contributed by atoms with Gasteiger partial charge in [0, 0.05) is 44.3 Å². The van der Waals surface area contributed by atoms with Gasteiger partial charge in [0.05, 0.1) is 10.9 Å². The summed E-state index contributed by atoms with van der Waals surface area (Å²) >= 11 is 6.08. The van der Waals surface area contributed by atoms with Gasteiger partial charge in [-0.3, -0.25) is 9.80 Å². The fourth-order valence-corrected chi connectivity index (χ4v) is 3.88. The monoisotopic (exact) mass is 412 g/mol. The number of rotatable bonds is 6. The van der Waals surface area contributed by atoms with Gasteiger partial charge in [-0.25, -0.2) is 4.98 Å². The van der Waals surface area contributed by atoms with E-state index in [0.717, 1.165) is 44.3 Å². The maximum absolute atomic E-state index is 6.08. The number of fused-ring (bicyclic) bond motifs is 1. The molecule has 4 rings (SSSR count). The average Bonchev–Trinajstić information content (AvgIpc) is 2.69. The van der Waals surface area contributed by atoms with Crippen LogP contribution in [0.2, 0.25) is 5.02 Å². The third kappa shape index (κ3) is 4.87. The van der Waals surface area contributed by atoms with Gasteiger partial charge >= 0.3 is 0 Å². The smallest absolute Gasteiger partial charge is 0.222 e. The van der Waals surface area contributed by atoms with Crippen molar-refractivity contribution in [3.63, 3.8) is 0 Å². The van der Waals surface area contributed by atoms with Crippen molar-refractivity contribution in [3.05, 3.63) is 53.1 Å². The summed E-state index contributed by atoms with van der Waals surface area (Å²) in [6.07, 6.45) is 0. The van der Waals surface area contributed by atoms with Crippen LogP contribution in [0.5, 0.6) is 5.75 Å². The molecule has 8 heteroatoms. The van der Waals surface area contributed by atoms with E-state index < -0.39 is 0 Å². The molecule has 1 fully saturated rings. The highest BCUT2D eigenvalue weighted by Gasteiger charge is 2.17. The van der Waals surface area contributed by atoms with Crippen LogP contribution in [0.3, 0.4) is 0 Å². The molecule has 0 radical (unpaired) electrons. The fraction of sp³-hybridized carbons (Fsp3) is 0.333. The van der Waals surface area contributed by atoms with Crippen molar-refractivity contribution in [2.24, 2.45) is 0 Å². The number of nitrogens with zero attached hydrogens (tertiary/aromatic N) is 4. The first kappa shape index (κ1) is 19.7. The van der Waals surface area contributed by atoms with E-state index in [2.05, 4.69) is 25.8 Å². The largest absolute Gasteiger partial charge is 0.491 e. The molecule has 0 unspecified atom stereocenters. The molecule has 0 aliphatic carbocycles. The minimum absolute atomic E-state index is 0.169. The van der Waals surface area contributed by atoms with Gasteiger partial charge in [0.2, 0.25) is 5.95 Å². The van der Waals surface area contributed by atoms with Crippen LogP contribution in [0.4, 0.5) is 11.8 Å². The summed E-state index contributed by atoms with van der Waals surface area (Å²) in [5.74, 6) is 1.21. The van der Waals surface area contributed by atoms with Crippen LogP contribution >= 0.6 is 11.6 Å². The molecule has 1 saturated heterocycles. The Morgan fingerprint density at radius 2 is 1.72 bits per heavy atom. The zero-order valence-corrected chi connectivity index (χ0v) is 17.0. The quantitative estimate of drug-likeness (QED) is 0.642. The van der Waals surface area contributed by atoms with Crippen LogP contribution in [0.1, 0.15) is 5.56 Å². The molecule has 3 aromatic rings. The Hall–Kier alpha value is -2.61. The van der Waals surface area contributed by atoms with Crippen LogP contribution in [0.15, 0.2) is 42.5 Å². The van der Waals surface area contributed by atoms with Crippen LogP contribution in [0, 0.1) is 0 Å². The van der Waals surface area contributed by atoms with Crippen LogP contribution in [-0.4, -0.2) is 59.1 Å². The molecule has 0 saturated carbocycles. The SMILES string of the molecule is Nc1nc(N)c2c(OCCN3CCN(Cc4cccc(Cl)c4)CC3)cccc2n1. The van der Waals surface area contributed by atoms with Gasteiger partial charge in [-0.2, -0.15) is 4.98 Å². The van der Waals surface area contributed by atoms with Crippen molar-refractivity contribution < 1.29 is 4.74 Å². The predicted octanol–water partition coefficient (Wildman–Crippen LogP) is 2.64. The second kappa shape index (κ2) is 8.82. The number of benzene rings is 2. The second-order valence-electron chi connectivity index (χ2n) is 7.21. The minimum Gasteiger partial charge on any atom is -0.491 e. The fourth-order valence-electron chi connectivity index (χ4n) is 3.67. The van der Waals surface area contributed by atoms with Gasteiger partial charge in [-0.1, -0.05) is 29.8 Å². The third-order valence-electron chi connectivity index (χ3n) is 5.16. The van der Waals surface area contributed by atoms with Gasteiger partial charge in [-0.15, -0.1) is 0 Å². The molecule has 4 N–H and O–H groups in total. The lowest BCUT2D eigenvalue weighted by atomic mass is 10.2. The first-order chi connectivity index (χ1) is 14.1. The predicted molar refractivity (Wildman–Crippen MR) is 117 cm³/mol. The van der Waals surface area contributed by atoms with Crippen molar-refractivity contribution in [2.75, 3.05) is 50.8 Å². The Bertz CT molecular complexity index is 990. The third-order valence-corrected chi connectivity index (χ3v) is 5.39. The first-order valence-corrected chi connectivity index (χ1v) is 10.1. The summed E-state index contributed by atoms with van der Waals surface area (Å²) < 4.78 is 6.01. The number of anilines is 2. The maximum atomic E-state index is 6.08. The molecule has 1 aliphatic heterocycles. The lowest BCUT2D eigenvalue weighted by Crippen LogP contribution is -2.47. The van der Waals surface area contributed by atoms with Gasteiger partial charge < -0.3 is 16.2 Å². The summed E-state index contributed by atoms with van der Waals surface area (Å²) in [5, 5.41) is 1.51. The molecule has 1 aliphatic rings. The molecule has 2 aromatic carbocycles.